The summed E-state index contributed by atoms with van der Waals surface area (Å²) < 4.78 is 4.29. The van der Waals surface area contributed by atoms with E-state index < -0.39 is 0 Å². The van der Waals surface area contributed by atoms with Gasteiger partial charge < -0.3 is 4.57 Å². The lowest BCUT2D eigenvalue weighted by Gasteiger charge is -2.26. The average molecular weight is 339 g/mol. The largest absolute Gasteiger partial charge is 0.346 e. The molecule has 1 aliphatic rings. The van der Waals surface area contributed by atoms with Crippen LogP contribution in [0.1, 0.15) is 85.3 Å². The number of hydrogen-bond donors (Lipinski definition) is 0. The lowest BCUT2D eigenvalue weighted by Crippen LogP contribution is -2.15. The Morgan fingerprint density at radius 1 is 1.24 bits per heavy atom. The number of aryl methyl sites for hydroxylation is 1. The first kappa shape index (κ1) is 17.7. The molecule has 4 nitrogen and oxygen atoms in total. The van der Waals surface area contributed by atoms with Gasteiger partial charge in [0.25, 0.3) is 0 Å². The van der Waals surface area contributed by atoms with Crippen LogP contribution in [0.25, 0.3) is 6.08 Å². The van der Waals surface area contributed by atoms with E-state index in [0.717, 1.165) is 5.56 Å². The molecule has 1 saturated carbocycles. The Labute approximate surface area is 150 Å². The van der Waals surface area contributed by atoms with Gasteiger partial charge in [-0.3, -0.25) is 9.48 Å². The quantitative estimate of drug-likeness (QED) is 0.549. The summed E-state index contributed by atoms with van der Waals surface area (Å²) in [6, 6.07) is 3.08. The third-order valence-electron chi connectivity index (χ3n) is 5.29. The molecule has 0 spiro atoms. The molecule has 0 unspecified atom stereocenters. The maximum Gasteiger partial charge on any atom is 0.189 e. The summed E-state index contributed by atoms with van der Waals surface area (Å²) in [7, 11) is 0. The van der Waals surface area contributed by atoms with Crippen molar-refractivity contribution in [3.8, 4) is 0 Å². The molecule has 0 atom stereocenters. The van der Waals surface area contributed by atoms with Crippen molar-refractivity contribution in [2.45, 2.75) is 71.9 Å². The maximum atomic E-state index is 12.4. The van der Waals surface area contributed by atoms with Gasteiger partial charge >= 0.3 is 0 Å². The molecular weight excluding hydrogens is 310 g/mol. The Morgan fingerprint density at radius 2 is 1.96 bits per heavy atom. The summed E-state index contributed by atoms with van der Waals surface area (Å²) in [6.07, 6.45) is 13.7. The third kappa shape index (κ3) is 3.78. The number of carbonyl (C=O) groups excluding carboxylic acids is 1. The summed E-state index contributed by atoms with van der Waals surface area (Å²) in [5.41, 5.74) is 4.36. The van der Waals surface area contributed by atoms with Gasteiger partial charge in [-0.1, -0.05) is 19.3 Å². The van der Waals surface area contributed by atoms with Crippen LogP contribution in [0.4, 0.5) is 0 Å². The fraction of sp³-hybridized carbons (Fsp3) is 0.524. The summed E-state index contributed by atoms with van der Waals surface area (Å²) in [5.74, 6) is 0.00868. The second-order valence-corrected chi connectivity index (χ2v) is 7.49. The van der Waals surface area contributed by atoms with Gasteiger partial charge in [0.05, 0.1) is 11.8 Å². The number of ketones is 1. The van der Waals surface area contributed by atoms with Crippen molar-refractivity contribution >= 4 is 11.9 Å². The Bertz CT molecular complexity index is 773. The number of carbonyl (C=O) groups is 1. The number of allylic oxidation sites excluding steroid dienone is 1. The highest BCUT2D eigenvalue weighted by atomic mass is 16.1. The SMILES string of the molecule is Cc1cc(/C=C/C(=O)c2cnn(C(C)C)c2)c(C)n1C1CCCCC1. The van der Waals surface area contributed by atoms with E-state index in [1.54, 1.807) is 12.3 Å². The molecule has 1 aliphatic carbocycles. The maximum absolute atomic E-state index is 12.4. The van der Waals surface area contributed by atoms with E-state index in [-0.39, 0.29) is 11.8 Å². The van der Waals surface area contributed by atoms with Gasteiger partial charge in [-0.15, -0.1) is 0 Å². The van der Waals surface area contributed by atoms with Crippen LogP contribution in [-0.2, 0) is 0 Å². The van der Waals surface area contributed by atoms with Crippen LogP contribution >= 0.6 is 0 Å². The molecule has 2 aromatic heterocycles. The standard InChI is InChI=1S/C21H29N3O/c1-15(2)23-14-19(13-22-23)21(25)11-10-18-12-16(3)24(17(18)4)20-8-6-5-7-9-20/h10-15,20H,5-9H2,1-4H3/b11-10+. The molecule has 0 radical (unpaired) electrons. The van der Waals surface area contributed by atoms with E-state index in [1.807, 2.05) is 17.0 Å². The first-order chi connectivity index (χ1) is 12.0. The van der Waals surface area contributed by atoms with Crippen molar-refractivity contribution < 1.29 is 4.79 Å². The average Bonchev–Trinajstić information content (AvgIpc) is 3.19. The van der Waals surface area contributed by atoms with Crippen LogP contribution in [0.5, 0.6) is 0 Å². The first-order valence-electron chi connectivity index (χ1n) is 9.42. The molecule has 0 amide bonds. The van der Waals surface area contributed by atoms with Crippen LogP contribution in [0.15, 0.2) is 24.5 Å². The van der Waals surface area contributed by atoms with Gasteiger partial charge in [-0.25, -0.2) is 0 Å². The van der Waals surface area contributed by atoms with E-state index in [2.05, 4.69) is 43.4 Å². The fourth-order valence-corrected chi connectivity index (χ4v) is 3.88. The Kier molecular flexibility index (Phi) is 5.26. The van der Waals surface area contributed by atoms with Crippen molar-refractivity contribution in [2.75, 3.05) is 0 Å². The molecule has 2 aromatic rings. The molecule has 0 aliphatic heterocycles. The van der Waals surface area contributed by atoms with Crippen molar-refractivity contribution in [1.82, 2.24) is 14.3 Å². The van der Waals surface area contributed by atoms with E-state index in [9.17, 15) is 4.79 Å². The molecule has 134 valence electrons. The number of hydrogen-bond acceptors (Lipinski definition) is 2. The second-order valence-electron chi connectivity index (χ2n) is 7.49. The van der Waals surface area contributed by atoms with Crippen molar-refractivity contribution in [3.05, 3.63) is 47.1 Å². The number of aromatic nitrogens is 3. The summed E-state index contributed by atoms with van der Waals surface area (Å²) in [6.45, 7) is 8.45. The van der Waals surface area contributed by atoms with Gasteiger partial charge in [-0.05, 0) is 64.3 Å². The van der Waals surface area contributed by atoms with E-state index in [0.29, 0.717) is 11.6 Å². The molecule has 1 fully saturated rings. The minimum absolute atomic E-state index is 0.00868. The monoisotopic (exact) mass is 339 g/mol. The molecule has 3 rings (SSSR count). The highest BCUT2D eigenvalue weighted by Gasteiger charge is 2.19. The zero-order valence-corrected chi connectivity index (χ0v) is 15.8. The molecule has 25 heavy (non-hydrogen) atoms. The Balaban J connectivity index is 1.77. The predicted octanol–water partition coefficient (Wildman–Crippen LogP) is 5.28. The lowest BCUT2D eigenvalue weighted by molar-refractivity contribution is 0.104. The minimum atomic E-state index is 0.00868. The third-order valence-corrected chi connectivity index (χ3v) is 5.29. The molecule has 4 heteroatoms. The molecule has 0 bridgehead atoms. The molecule has 0 saturated heterocycles. The second kappa shape index (κ2) is 7.42. The van der Waals surface area contributed by atoms with E-state index >= 15 is 0 Å². The van der Waals surface area contributed by atoms with Crippen LogP contribution in [0.3, 0.4) is 0 Å². The highest BCUT2D eigenvalue weighted by molar-refractivity contribution is 6.06. The number of nitrogens with zero attached hydrogens (tertiary/aromatic N) is 3. The van der Waals surface area contributed by atoms with Gasteiger partial charge in [0, 0.05) is 29.7 Å². The van der Waals surface area contributed by atoms with Crippen LogP contribution in [0.2, 0.25) is 0 Å². The normalized spacial score (nSPS) is 16.2. The summed E-state index contributed by atoms with van der Waals surface area (Å²) in [4.78, 5) is 12.4. The van der Waals surface area contributed by atoms with Crippen molar-refractivity contribution in [3.63, 3.8) is 0 Å². The molecular formula is C21H29N3O. The lowest BCUT2D eigenvalue weighted by atomic mass is 9.95. The van der Waals surface area contributed by atoms with Gasteiger partial charge in [-0.2, -0.15) is 5.10 Å². The smallest absolute Gasteiger partial charge is 0.189 e. The molecule has 0 aromatic carbocycles. The Hall–Kier alpha value is -2.10. The predicted molar refractivity (Wildman–Crippen MR) is 102 cm³/mol. The van der Waals surface area contributed by atoms with Crippen molar-refractivity contribution in [1.29, 1.82) is 0 Å². The first-order valence-corrected chi connectivity index (χ1v) is 9.42. The van der Waals surface area contributed by atoms with Gasteiger partial charge in [0.2, 0.25) is 0 Å². The zero-order chi connectivity index (χ0) is 18.0. The van der Waals surface area contributed by atoms with Crippen molar-refractivity contribution in [2.24, 2.45) is 0 Å². The van der Waals surface area contributed by atoms with Gasteiger partial charge in [0.1, 0.15) is 0 Å². The topological polar surface area (TPSA) is 39.8 Å². The van der Waals surface area contributed by atoms with Gasteiger partial charge in [0.15, 0.2) is 5.78 Å². The number of rotatable bonds is 5. The zero-order valence-electron chi connectivity index (χ0n) is 15.8. The Morgan fingerprint density at radius 3 is 2.60 bits per heavy atom. The molecule has 0 N–H and O–H groups in total. The van der Waals surface area contributed by atoms with Crippen LogP contribution < -0.4 is 0 Å². The van der Waals surface area contributed by atoms with Crippen LogP contribution in [0, 0.1) is 13.8 Å². The van der Waals surface area contributed by atoms with Crippen LogP contribution in [-0.4, -0.2) is 20.1 Å². The summed E-state index contributed by atoms with van der Waals surface area (Å²) >= 11 is 0. The van der Waals surface area contributed by atoms with E-state index in [4.69, 9.17) is 0 Å². The highest BCUT2D eigenvalue weighted by Crippen LogP contribution is 2.32. The minimum Gasteiger partial charge on any atom is -0.346 e. The summed E-state index contributed by atoms with van der Waals surface area (Å²) in [5, 5.41) is 4.25. The molecule has 2 heterocycles. The fourth-order valence-electron chi connectivity index (χ4n) is 3.88. The van der Waals surface area contributed by atoms with E-state index in [1.165, 1.54) is 43.5 Å².